The zero-order valence-corrected chi connectivity index (χ0v) is 18.7. The van der Waals surface area contributed by atoms with Crippen molar-refractivity contribution in [3.8, 4) is 0 Å². The molecule has 3 aromatic rings. The van der Waals surface area contributed by atoms with Crippen LogP contribution in [0.5, 0.6) is 0 Å². The van der Waals surface area contributed by atoms with Gasteiger partial charge < -0.3 is 4.90 Å². The molecule has 0 bridgehead atoms. The van der Waals surface area contributed by atoms with Gasteiger partial charge in [-0.05, 0) is 54.8 Å². The van der Waals surface area contributed by atoms with Crippen molar-refractivity contribution < 1.29 is 9.59 Å². The molecule has 2 heterocycles. The molecule has 8 heteroatoms. The van der Waals surface area contributed by atoms with Gasteiger partial charge in [-0.1, -0.05) is 47.2 Å². The number of hydrogen-bond donors (Lipinski definition) is 1. The average molecular weight is 453 g/mol. The minimum absolute atomic E-state index is 0.0454. The smallest absolute Gasteiger partial charge is 0.250 e. The first-order valence-corrected chi connectivity index (χ1v) is 11.0. The fourth-order valence-electron chi connectivity index (χ4n) is 3.39. The van der Waals surface area contributed by atoms with E-state index in [1.165, 1.54) is 23.0 Å². The standard InChI is InChI=1S/C23H21ClN4O2S/c1-14-7-9-18(11-15(14)2)28-13-17(12-21(28)30)22-26-27-23(31-22)25-20(29)10-8-16-5-3-4-6-19(16)24/h3-11,17H,12-13H2,1-2H3,(H,25,27,29)/b10-8+. The third-order valence-corrected chi connectivity index (χ3v) is 6.61. The summed E-state index contributed by atoms with van der Waals surface area (Å²) in [5.74, 6) is -0.297. The van der Waals surface area contributed by atoms with E-state index in [1.54, 1.807) is 17.0 Å². The van der Waals surface area contributed by atoms with Gasteiger partial charge in [-0.2, -0.15) is 0 Å². The van der Waals surface area contributed by atoms with E-state index in [-0.39, 0.29) is 17.7 Å². The summed E-state index contributed by atoms with van der Waals surface area (Å²) in [6.45, 7) is 4.64. The number of amides is 2. The molecule has 0 aliphatic carbocycles. The molecule has 1 N–H and O–H groups in total. The Kier molecular flexibility index (Phi) is 6.15. The summed E-state index contributed by atoms with van der Waals surface area (Å²) < 4.78 is 0. The number of benzene rings is 2. The van der Waals surface area contributed by atoms with Gasteiger partial charge >= 0.3 is 0 Å². The lowest BCUT2D eigenvalue weighted by molar-refractivity contribution is -0.117. The molecular formula is C23H21ClN4O2S. The largest absolute Gasteiger partial charge is 0.312 e. The predicted octanol–water partition coefficient (Wildman–Crippen LogP) is 4.98. The van der Waals surface area contributed by atoms with Crippen LogP contribution in [0.4, 0.5) is 10.8 Å². The first kappa shape index (κ1) is 21.2. The van der Waals surface area contributed by atoms with E-state index in [2.05, 4.69) is 22.4 Å². The number of halogens is 1. The minimum atomic E-state index is -0.318. The van der Waals surface area contributed by atoms with Gasteiger partial charge in [-0.15, -0.1) is 10.2 Å². The van der Waals surface area contributed by atoms with E-state index < -0.39 is 0 Å². The number of carbonyl (C=O) groups is 2. The van der Waals surface area contributed by atoms with Crippen LogP contribution >= 0.6 is 22.9 Å². The Morgan fingerprint density at radius 3 is 2.77 bits per heavy atom. The number of nitrogens with zero attached hydrogens (tertiary/aromatic N) is 3. The number of nitrogens with one attached hydrogen (secondary N) is 1. The van der Waals surface area contributed by atoms with Crippen LogP contribution in [0.15, 0.2) is 48.5 Å². The Bertz CT molecular complexity index is 1170. The highest BCUT2D eigenvalue weighted by Gasteiger charge is 2.34. The average Bonchev–Trinajstić information content (AvgIpc) is 3.36. The summed E-state index contributed by atoms with van der Waals surface area (Å²) in [4.78, 5) is 26.6. The minimum Gasteiger partial charge on any atom is -0.312 e. The number of aromatic nitrogens is 2. The van der Waals surface area contributed by atoms with Gasteiger partial charge in [-0.25, -0.2) is 0 Å². The van der Waals surface area contributed by atoms with Crippen LogP contribution < -0.4 is 10.2 Å². The maximum atomic E-state index is 12.6. The Labute approximate surface area is 189 Å². The van der Waals surface area contributed by atoms with Crippen LogP contribution in [-0.4, -0.2) is 28.6 Å². The zero-order chi connectivity index (χ0) is 22.0. The Hall–Kier alpha value is -3.03. The topological polar surface area (TPSA) is 75.2 Å². The molecule has 0 radical (unpaired) electrons. The first-order chi connectivity index (χ1) is 14.9. The van der Waals surface area contributed by atoms with Crippen LogP contribution in [0.1, 0.15) is 34.0 Å². The lowest BCUT2D eigenvalue weighted by Gasteiger charge is -2.17. The van der Waals surface area contributed by atoms with E-state index in [0.717, 1.165) is 21.8 Å². The predicted molar refractivity (Wildman–Crippen MR) is 125 cm³/mol. The Morgan fingerprint density at radius 1 is 1.19 bits per heavy atom. The normalized spacial score (nSPS) is 16.3. The van der Waals surface area contributed by atoms with Gasteiger partial charge in [-0.3, -0.25) is 14.9 Å². The van der Waals surface area contributed by atoms with Crippen molar-refractivity contribution in [1.82, 2.24) is 10.2 Å². The lowest BCUT2D eigenvalue weighted by atomic mass is 10.1. The molecular weight excluding hydrogens is 432 g/mol. The van der Waals surface area contributed by atoms with E-state index in [0.29, 0.717) is 23.1 Å². The quantitative estimate of drug-likeness (QED) is 0.554. The van der Waals surface area contributed by atoms with E-state index in [1.807, 2.05) is 43.3 Å². The number of anilines is 2. The SMILES string of the molecule is Cc1ccc(N2CC(c3nnc(NC(=O)/C=C/c4ccccc4Cl)s3)CC2=O)cc1C. The van der Waals surface area contributed by atoms with Crippen molar-refractivity contribution >= 4 is 51.6 Å². The molecule has 1 aromatic heterocycles. The van der Waals surface area contributed by atoms with Gasteiger partial charge in [0.2, 0.25) is 16.9 Å². The summed E-state index contributed by atoms with van der Waals surface area (Å²) in [7, 11) is 0. The maximum Gasteiger partial charge on any atom is 0.250 e. The van der Waals surface area contributed by atoms with E-state index in [4.69, 9.17) is 11.6 Å². The molecule has 0 saturated carbocycles. The first-order valence-electron chi connectivity index (χ1n) is 9.85. The number of rotatable bonds is 5. The third kappa shape index (κ3) is 4.84. The molecule has 1 saturated heterocycles. The van der Waals surface area contributed by atoms with Crippen molar-refractivity contribution in [2.45, 2.75) is 26.2 Å². The monoisotopic (exact) mass is 452 g/mol. The highest BCUT2D eigenvalue weighted by atomic mass is 35.5. The van der Waals surface area contributed by atoms with Crippen LogP contribution in [0.2, 0.25) is 5.02 Å². The maximum absolute atomic E-state index is 12.6. The summed E-state index contributed by atoms with van der Waals surface area (Å²) in [6, 6.07) is 13.3. The number of carbonyl (C=O) groups excluding carboxylic acids is 2. The zero-order valence-electron chi connectivity index (χ0n) is 17.1. The second-order valence-electron chi connectivity index (χ2n) is 7.46. The second-order valence-corrected chi connectivity index (χ2v) is 8.88. The third-order valence-electron chi connectivity index (χ3n) is 5.27. The Morgan fingerprint density at radius 2 is 2.00 bits per heavy atom. The Balaban J connectivity index is 1.40. The van der Waals surface area contributed by atoms with Gasteiger partial charge in [0.05, 0.1) is 0 Å². The van der Waals surface area contributed by atoms with Crippen LogP contribution in [0.3, 0.4) is 0 Å². The second kappa shape index (κ2) is 8.99. The molecule has 1 aliphatic rings. The molecule has 4 rings (SSSR count). The van der Waals surface area contributed by atoms with Gasteiger partial charge in [0.15, 0.2) is 0 Å². The molecule has 1 aliphatic heterocycles. The van der Waals surface area contributed by atoms with Crippen LogP contribution in [-0.2, 0) is 9.59 Å². The van der Waals surface area contributed by atoms with Crippen molar-refractivity contribution in [2.75, 3.05) is 16.8 Å². The molecule has 31 heavy (non-hydrogen) atoms. The van der Waals surface area contributed by atoms with Crippen molar-refractivity contribution in [1.29, 1.82) is 0 Å². The number of aryl methyl sites for hydroxylation is 2. The van der Waals surface area contributed by atoms with Crippen LogP contribution in [0, 0.1) is 13.8 Å². The van der Waals surface area contributed by atoms with Crippen molar-refractivity contribution in [3.63, 3.8) is 0 Å². The number of hydrogen-bond acceptors (Lipinski definition) is 5. The lowest BCUT2D eigenvalue weighted by Crippen LogP contribution is -2.24. The van der Waals surface area contributed by atoms with E-state index >= 15 is 0 Å². The van der Waals surface area contributed by atoms with Crippen molar-refractivity contribution in [2.24, 2.45) is 0 Å². The van der Waals surface area contributed by atoms with Crippen molar-refractivity contribution in [3.05, 3.63) is 75.3 Å². The highest BCUT2D eigenvalue weighted by molar-refractivity contribution is 7.15. The van der Waals surface area contributed by atoms with Gasteiger partial charge in [0.25, 0.3) is 0 Å². The van der Waals surface area contributed by atoms with Gasteiger partial charge in [0.1, 0.15) is 5.01 Å². The highest BCUT2D eigenvalue weighted by Crippen LogP contribution is 2.34. The van der Waals surface area contributed by atoms with E-state index in [9.17, 15) is 9.59 Å². The molecule has 158 valence electrons. The molecule has 2 amide bonds. The molecule has 6 nitrogen and oxygen atoms in total. The summed E-state index contributed by atoms with van der Waals surface area (Å²) in [5.41, 5.74) is 4.01. The summed E-state index contributed by atoms with van der Waals surface area (Å²) in [5, 5.41) is 12.7. The fraction of sp³-hybridized carbons (Fsp3) is 0.217. The molecule has 1 atom stereocenters. The van der Waals surface area contributed by atoms with Crippen LogP contribution in [0.25, 0.3) is 6.08 Å². The molecule has 2 aromatic carbocycles. The fourth-order valence-corrected chi connectivity index (χ4v) is 4.43. The molecule has 1 fully saturated rings. The molecule has 1 unspecified atom stereocenters. The summed E-state index contributed by atoms with van der Waals surface area (Å²) >= 11 is 7.39. The molecule has 0 spiro atoms. The summed E-state index contributed by atoms with van der Waals surface area (Å²) in [6.07, 6.45) is 3.43. The van der Waals surface area contributed by atoms with Gasteiger partial charge in [0, 0.05) is 35.7 Å².